The van der Waals surface area contributed by atoms with Gasteiger partial charge in [0.2, 0.25) is 5.91 Å². The first-order chi connectivity index (χ1) is 14.7. The molecule has 1 heterocycles. The SMILES string of the molecule is CCS(=O)(=O)c1ccc(O)c(NC(=O)Cn2cnc3cc(OC)c(OC)cc3c2=O)c1. The van der Waals surface area contributed by atoms with Gasteiger partial charge in [0.15, 0.2) is 21.3 Å². The van der Waals surface area contributed by atoms with E-state index >= 15 is 0 Å². The number of nitrogens with one attached hydrogen (secondary N) is 1. The highest BCUT2D eigenvalue weighted by atomic mass is 32.2. The minimum Gasteiger partial charge on any atom is -0.506 e. The number of fused-ring (bicyclic) bond motifs is 1. The zero-order valence-electron chi connectivity index (χ0n) is 17.1. The Balaban J connectivity index is 1.90. The molecule has 2 aromatic carbocycles. The van der Waals surface area contributed by atoms with E-state index in [1.807, 2.05) is 0 Å². The zero-order chi connectivity index (χ0) is 22.8. The summed E-state index contributed by atoms with van der Waals surface area (Å²) in [6.07, 6.45) is 1.22. The molecule has 11 heteroatoms. The Morgan fingerprint density at radius 3 is 2.48 bits per heavy atom. The number of hydrogen-bond acceptors (Lipinski definition) is 8. The highest BCUT2D eigenvalue weighted by Gasteiger charge is 2.17. The molecule has 1 amide bonds. The summed E-state index contributed by atoms with van der Waals surface area (Å²) in [6.45, 7) is 1.09. The summed E-state index contributed by atoms with van der Waals surface area (Å²) in [6, 6.07) is 6.63. The Morgan fingerprint density at radius 1 is 1.16 bits per heavy atom. The van der Waals surface area contributed by atoms with Crippen molar-refractivity contribution in [3.8, 4) is 17.2 Å². The van der Waals surface area contributed by atoms with Crippen LogP contribution < -0.4 is 20.3 Å². The molecule has 0 atom stereocenters. The van der Waals surface area contributed by atoms with Crippen LogP contribution in [-0.4, -0.2) is 49.0 Å². The minimum atomic E-state index is -3.53. The molecule has 0 bridgehead atoms. The average Bonchev–Trinajstić information content (AvgIpc) is 2.76. The molecule has 164 valence electrons. The lowest BCUT2D eigenvalue weighted by Gasteiger charge is -2.12. The molecule has 0 unspecified atom stereocenters. The number of ether oxygens (including phenoxy) is 2. The van der Waals surface area contributed by atoms with Gasteiger partial charge in [-0.1, -0.05) is 6.92 Å². The van der Waals surface area contributed by atoms with Crippen LogP contribution >= 0.6 is 0 Å². The Bertz CT molecular complexity index is 1320. The van der Waals surface area contributed by atoms with Gasteiger partial charge < -0.3 is 19.9 Å². The molecule has 0 saturated carbocycles. The number of phenols is 1. The lowest BCUT2D eigenvalue weighted by Crippen LogP contribution is -2.28. The fourth-order valence-corrected chi connectivity index (χ4v) is 3.82. The van der Waals surface area contributed by atoms with Gasteiger partial charge in [0.25, 0.3) is 5.56 Å². The van der Waals surface area contributed by atoms with E-state index in [-0.39, 0.29) is 27.5 Å². The van der Waals surface area contributed by atoms with Crippen molar-refractivity contribution in [2.24, 2.45) is 0 Å². The maximum Gasteiger partial charge on any atom is 0.261 e. The number of anilines is 1. The van der Waals surface area contributed by atoms with Gasteiger partial charge in [-0.05, 0) is 24.3 Å². The number of amides is 1. The Hall–Kier alpha value is -3.60. The number of carbonyl (C=O) groups excluding carboxylic acids is 1. The number of hydrogen-bond donors (Lipinski definition) is 2. The summed E-state index contributed by atoms with van der Waals surface area (Å²) in [5, 5.41) is 12.6. The molecule has 0 aliphatic heterocycles. The topological polar surface area (TPSA) is 137 Å². The van der Waals surface area contributed by atoms with E-state index in [9.17, 15) is 23.1 Å². The summed E-state index contributed by atoms with van der Waals surface area (Å²) in [5.41, 5.74) is -0.185. The highest BCUT2D eigenvalue weighted by Crippen LogP contribution is 2.30. The smallest absolute Gasteiger partial charge is 0.261 e. The molecule has 3 aromatic rings. The van der Waals surface area contributed by atoms with Crippen LogP contribution in [0.2, 0.25) is 0 Å². The van der Waals surface area contributed by atoms with Gasteiger partial charge in [-0.3, -0.25) is 14.2 Å². The molecule has 0 aliphatic rings. The van der Waals surface area contributed by atoms with Crippen molar-refractivity contribution in [1.29, 1.82) is 0 Å². The second-order valence-corrected chi connectivity index (χ2v) is 8.81. The van der Waals surface area contributed by atoms with Crippen molar-refractivity contribution < 1.29 is 27.8 Å². The highest BCUT2D eigenvalue weighted by molar-refractivity contribution is 7.91. The van der Waals surface area contributed by atoms with Crippen molar-refractivity contribution in [2.45, 2.75) is 18.4 Å². The van der Waals surface area contributed by atoms with E-state index in [0.29, 0.717) is 17.0 Å². The van der Waals surface area contributed by atoms with Crippen LogP contribution in [0.5, 0.6) is 17.2 Å². The Labute approximate surface area is 178 Å². The second-order valence-electron chi connectivity index (χ2n) is 6.53. The summed E-state index contributed by atoms with van der Waals surface area (Å²) < 4.78 is 35.6. The molecule has 0 spiro atoms. The van der Waals surface area contributed by atoms with E-state index in [0.717, 1.165) is 4.57 Å². The van der Waals surface area contributed by atoms with Gasteiger partial charge in [-0.25, -0.2) is 13.4 Å². The van der Waals surface area contributed by atoms with E-state index < -0.39 is 27.8 Å². The number of sulfone groups is 1. The average molecular weight is 447 g/mol. The molecule has 3 rings (SSSR count). The molecule has 0 saturated heterocycles. The van der Waals surface area contributed by atoms with Crippen molar-refractivity contribution in [1.82, 2.24) is 9.55 Å². The van der Waals surface area contributed by atoms with E-state index in [2.05, 4.69) is 10.3 Å². The normalized spacial score (nSPS) is 11.3. The second kappa shape index (κ2) is 8.64. The van der Waals surface area contributed by atoms with Gasteiger partial charge >= 0.3 is 0 Å². The summed E-state index contributed by atoms with van der Waals surface area (Å²) >= 11 is 0. The van der Waals surface area contributed by atoms with Gasteiger partial charge in [-0.2, -0.15) is 0 Å². The molecule has 0 aliphatic carbocycles. The quantitative estimate of drug-likeness (QED) is 0.521. The van der Waals surface area contributed by atoms with Crippen LogP contribution in [0.15, 0.2) is 46.3 Å². The zero-order valence-corrected chi connectivity index (χ0v) is 17.9. The van der Waals surface area contributed by atoms with E-state index in [1.165, 1.54) is 51.7 Å². The lowest BCUT2D eigenvalue weighted by molar-refractivity contribution is -0.116. The number of methoxy groups -OCH3 is 2. The molecule has 0 radical (unpaired) electrons. The van der Waals surface area contributed by atoms with Crippen LogP contribution in [0.1, 0.15) is 6.92 Å². The first kappa shape index (κ1) is 22.1. The summed E-state index contributed by atoms with van der Waals surface area (Å²) in [4.78, 5) is 29.4. The van der Waals surface area contributed by atoms with Crippen LogP contribution in [-0.2, 0) is 21.2 Å². The number of aromatic hydroxyl groups is 1. The fraction of sp³-hybridized carbons (Fsp3) is 0.250. The number of aromatic nitrogens is 2. The molecular weight excluding hydrogens is 426 g/mol. The first-order valence-electron chi connectivity index (χ1n) is 9.17. The van der Waals surface area contributed by atoms with Crippen molar-refractivity contribution in [2.75, 3.05) is 25.3 Å². The molecule has 0 fully saturated rings. The van der Waals surface area contributed by atoms with Gasteiger partial charge in [0.05, 0.1) is 47.8 Å². The third-order valence-electron chi connectivity index (χ3n) is 4.62. The Morgan fingerprint density at radius 2 is 1.84 bits per heavy atom. The number of rotatable bonds is 7. The van der Waals surface area contributed by atoms with Gasteiger partial charge in [0, 0.05) is 6.07 Å². The predicted molar refractivity (Wildman–Crippen MR) is 114 cm³/mol. The van der Waals surface area contributed by atoms with Crippen LogP contribution in [0, 0.1) is 0 Å². The number of benzene rings is 2. The minimum absolute atomic E-state index is 0.0336. The first-order valence-corrected chi connectivity index (χ1v) is 10.8. The monoisotopic (exact) mass is 447 g/mol. The number of nitrogens with zero attached hydrogens (tertiary/aromatic N) is 2. The van der Waals surface area contributed by atoms with Crippen LogP contribution in [0.25, 0.3) is 10.9 Å². The molecular formula is C20H21N3O7S. The third kappa shape index (κ3) is 4.45. The summed E-state index contributed by atoms with van der Waals surface area (Å²) in [7, 11) is -0.626. The van der Waals surface area contributed by atoms with Crippen molar-refractivity contribution >= 4 is 32.3 Å². The number of phenolic OH excluding ortho intramolecular Hbond substituents is 1. The van der Waals surface area contributed by atoms with Gasteiger partial charge in [-0.15, -0.1) is 0 Å². The standard InChI is InChI=1S/C20H21N3O7S/c1-4-31(27,28)12-5-6-16(24)15(7-12)22-19(25)10-23-11-21-14-9-18(30-3)17(29-2)8-13(14)20(23)26/h5-9,11,24H,4,10H2,1-3H3,(H,22,25). The van der Waals surface area contributed by atoms with Crippen LogP contribution in [0.3, 0.4) is 0 Å². The van der Waals surface area contributed by atoms with Crippen LogP contribution in [0.4, 0.5) is 5.69 Å². The molecule has 31 heavy (non-hydrogen) atoms. The molecule has 2 N–H and O–H groups in total. The fourth-order valence-electron chi connectivity index (χ4n) is 2.92. The van der Waals surface area contributed by atoms with E-state index in [1.54, 1.807) is 6.07 Å². The van der Waals surface area contributed by atoms with E-state index in [4.69, 9.17) is 9.47 Å². The number of carbonyl (C=O) groups is 1. The van der Waals surface area contributed by atoms with Crippen molar-refractivity contribution in [3.63, 3.8) is 0 Å². The predicted octanol–water partition coefficient (Wildman–Crippen LogP) is 1.55. The maximum absolute atomic E-state index is 12.8. The molecule has 1 aromatic heterocycles. The third-order valence-corrected chi connectivity index (χ3v) is 6.36. The Kier molecular flexibility index (Phi) is 6.16. The lowest BCUT2D eigenvalue weighted by atomic mass is 10.2. The van der Waals surface area contributed by atoms with Crippen molar-refractivity contribution in [3.05, 3.63) is 47.0 Å². The molecule has 10 nitrogen and oxygen atoms in total. The maximum atomic E-state index is 12.8. The summed E-state index contributed by atoms with van der Waals surface area (Å²) in [5.74, 6) is -0.323. The van der Waals surface area contributed by atoms with Gasteiger partial charge in [0.1, 0.15) is 12.3 Å². The largest absolute Gasteiger partial charge is 0.506 e.